The van der Waals surface area contributed by atoms with Crippen molar-refractivity contribution in [3.63, 3.8) is 0 Å². The van der Waals surface area contributed by atoms with Crippen molar-refractivity contribution in [1.82, 2.24) is 15.0 Å². The normalized spacial score (nSPS) is 11.0. The number of furan rings is 1. The molecule has 20 heavy (non-hydrogen) atoms. The Morgan fingerprint density at radius 1 is 1.45 bits per heavy atom. The Morgan fingerprint density at radius 2 is 2.40 bits per heavy atom. The summed E-state index contributed by atoms with van der Waals surface area (Å²) in [6, 6.07) is 6.98. The average molecular weight is 286 g/mol. The Morgan fingerprint density at radius 3 is 3.15 bits per heavy atom. The first-order chi connectivity index (χ1) is 9.84. The number of nitrogens with zero attached hydrogens (tertiary/aromatic N) is 3. The van der Waals surface area contributed by atoms with Gasteiger partial charge in [0.25, 0.3) is 0 Å². The molecule has 0 atom stereocenters. The molecule has 0 spiro atoms. The van der Waals surface area contributed by atoms with E-state index < -0.39 is 5.91 Å². The third-order valence-corrected chi connectivity index (χ3v) is 3.28. The third kappa shape index (κ3) is 2.52. The molecule has 0 aromatic carbocycles. The van der Waals surface area contributed by atoms with Gasteiger partial charge in [0, 0.05) is 17.8 Å². The Balaban J connectivity index is 1.71. The first-order valence-electron chi connectivity index (χ1n) is 5.79. The molecule has 7 heteroatoms. The molecule has 0 radical (unpaired) electrons. The van der Waals surface area contributed by atoms with Crippen LogP contribution in [0.4, 0.5) is 0 Å². The number of hydrogen-bond acceptors (Lipinski definition) is 5. The maximum atomic E-state index is 11.6. The predicted molar refractivity (Wildman–Crippen MR) is 75.2 cm³/mol. The minimum absolute atomic E-state index is 0.220. The summed E-state index contributed by atoms with van der Waals surface area (Å²) in [6.07, 6.45) is 6.61. The lowest BCUT2D eigenvalue weighted by Gasteiger charge is -2.00. The Labute approximate surface area is 118 Å². The molecule has 0 saturated heterocycles. The van der Waals surface area contributed by atoms with Gasteiger partial charge in [-0.15, -0.1) is 11.3 Å². The fourth-order valence-electron chi connectivity index (χ4n) is 1.63. The molecule has 3 heterocycles. The monoisotopic (exact) mass is 286 g/mol. The largest absolute Gasteiger partial charge is 0.459 e. The quantitative estimate of drug-likeness (QED) is 0.591. The SMILES string of the molecule is O=C(N/N=C/c1cccn1-c1nccs1)c1ccco1. The molecule has 0 aliphatic carbocycles. The number of hydrogen-bond donors (Lipinski definition) is 1. The summed E-state index contributed by atoms with van der Waals surface area (Å²) >= 11 is 1.52. The van der Waals surface area contributed by atoms with Gasteiger partial charge >= 0.3 is 5.91 Å². The maximum absolute atomic E-state index is 11.6. The molecule has 0 unspecified atom stereocenters. The number of carbonyl (C=O) groups is 1. The van der Waals surface area contributed by atoms with Gasteiger partial charge in [0.1, 0.15) is 0 Å². The zero-order chi connectivity index (χ0) is 13.8. The lowest BCUT2D eigenvalue weighted by molar-refractivity contribution is 0.0927. The lowest BCUT2D eigenvalue weighted by atomic mass is 10.4. The van der Waals surface area contributed by atoms with E-state index in [2.05, 4.69) is 15.5 Å². The van der Waals surface area contributed by atoms with Crippen LogP contribution in [0.2, 0.25) is 0 Å². The van der Waals surface area contributed by atoms with E-state index in [0.29, 0.717) is 0 Å². The van der Waals surface area contributed by atoms with Crippen LogP contribution in [0.25, 0.3) is 5.13 Å². The minimum Gasteiger partial charge on any atom is -0.459 e. The highest BCUT2D eigenvalue weighted by molar-refractivity contribution is 7.12. The zero-order valence-electron chi connectivity index (χ0n) is 10.3. The highest BCUT2D eigenvalue weighted by atomic mass is 32.1. The first kappa shape index (κ1) is 12.4. The van der Waals surface area contributed by atoms with Crippen LogP contribution < -0.4 is 5.43 Å². The molecule has 0 fully saturated rings. The Kier molecular flexibility index (Phi) is 3.42. The maximum Gasteiger partial charge on any atom is 0.307 e. The number of hydrazone groups is 1. The molecule has 3 aromatic rings. The van der Waals surface area contributed by atoms with Crippen LogP contribution in [0.3, 0.4) is 0 Å². The van der Waals surface area contributed by atoms with E-state index in [9.17, 15) is 4.79 Å². The number of aromatic nitrogens is 2. The number of carbonyl (C=O) groups excluding carboxylic acids is 1. The van der Waals surface area contributed by atoms with E-state index in [1.807, 2.05) is 28.3 Å². The van der Waals surface area contributed by atoms with Gasteiger partial charge in [-0.25, -0.2) is 10.4 Å². The Bertz CT molecular complexity index is 713. The second-order valence-corrected chi connectivity index (χ2v) is 4.67. The second kappa shape index (κ2) is 5.54. The summed E-state index contributed by atoms with van der Waals surface area (Å²) in [7, 11) is 0. The highest BCUT2D eigenvalue weighted by Crippen LogP contribution is 2.13. The van der Waals surface area contributed by atoms with E-state index in [1.165, 1.54) is 17.6 Å². The molecule has 0 saturated carbocycles. The van der Waals surface area contributed by atoms with Crippen LogP contribution in [0, 0.1) is 0 Å². The van der Waals surface area contributed by atoms with Crippen LogP contribution in [0.15, 0.2) is 57.8 Å². The fourth-order valence-corrected chi connectivity index (χ4v) is 2.27. The predicted octanol–water partition coefficient (Wildman–Crippen LogP) is 2.29. The van der Waals surface area contributed by atoms with Gasteiger partial charge in [0.2, 0.25) is 0 Å². The van der Waals surface area contributed by atoms with Gasteiger partial charge in [0.05, 0.1) is 18.2 Å². The number of amides is 1. The van der Waals surface area contributed by atoms with Crippen molar-refractivity contribution >= 4 is 23.5 Å². The van der Waals surface area contributed by atoms with Crippen molar-refractivity contribution in [2.24, 2.45) is 5.10 Å². The molecule has 100 valence electrons. The molecule has 6 nitrogen and oxygen atoms in total. The smallest absolute Gasteiger partial charge is 0.307 e. The molecule has 1 N–H and O–H groups in total. The summed E-state index contributed by atoms with van der Waals surface area (Å²) in [4.78, 5) is 15.8. The van der Waals surface area contributed by atoms with Crippen LogP contribution in [-0.4, -0.2) is 21.7 Å². The van der Waals surface area contributed by atoms with Gasteiger partial charge in [-0.05, 0) is 24.3 Å². The Hall–Kier alpha value is -2.67. The molecule has 3 rings (SSSR count). The summed E-state index contributed by atoms with van der Waals surface area (Å²) in [5.41, 5.74) is 3.22. The van der Waals surface area contributed by atoms with Crippen molar-refractivity contribution in [1.29, 1.82) is 0 Å². The van der Waals surface area contributed by atoms with E-state index in [-0.39, 0.29) is 5.76 Å². The van der Waals surface area contributed by atoms with Gasteiger partial charge in [-0.2, -0.15) is 5.10 Å². The summed E-state index contributed by atoms with van der Waals surface area (Å²) in [5.74, 6) is -0.170. The average Bonchev–Trinajstić information content (AvgIpc) is 3.20. The van der Waals surface area contributed by atoms with Crippen LogP contribution in [-0.2, 0) is 0 Å². The highest BCUT2D eigenvalue weighted by Gasteiger charge is 2.06. The van der Waals surface area contributed by atoms with Crippen molar-refractivity contribution in [3.05, 3.63) is 59.8 Å². The van der Waals surface area contributed by atoms with Crippen molar-refractivity contribution in [2.45, 2.75) is 0 Å². The molecular formula is C13H10N4O2S. The zero-order valence-corrected chi connectivity index (χ0v) is 11.1. The molecule has 3 aromatic heterocycles. The number of thiazole rings is 1. The minimum atomic E-state index is -0.390. The molecule has 0 bridgehead atoms. The van der Waals surface area contributed by atoms with Gasteiger partial charge in [0.15, 0.2) is 10.9 Å². The van der Waals surface area contributed by atoms with Gasteiger partial charge < -0.3 is 4.42 Å². The third-order valence-electron chi connectivity index (χ3n) is 2.51. The standard InChI is InChI=1S/C13H10N4O2S/c18-12(11-4-2-7-19-11)16-15-9-10-3-1-6-17(10)13-14-5-8-20-13/h1-9H,(H,16,18)/b15-9+. The second-order valence-electron chi connectivity index (χ2n) is 3.79. The number of nitrogens with one attached hydrogen (secondary N) is 1. The topological polar surface area (TPSA) is 72.4 Å². The van der Waals surface area contributed by atoms with E-state index in [0.717, 1.165) is 10.8 Å². The summed E-state index contributed by atoms with van der Waals surface area (Å²) in [6.45, 7) is 0. The molecule has 0 aliphatic rings. The van der Waals surface area contributed by atoms with Crippen LogP contribution in [0.5, 0.6) is 0 Å². The van der Waals surface area contributed by atoms with Gasteiger partial charge in [-0.1, -0.05) is 0 Å². The van der Waals surface area contributed by atoms with E-state index >= 15 is 0 Å². The summed E-state index contributed by atoms with van der Waals surface area (Å²) in [5, 5.41) is 6.65. The van der Waals surface area contributed by atoms with Crippen LogP contribution >= 0.6 is 11.3 Å². The van der Waals surface area contributed by atoms with E-state index in [4.69, 9.17) is 4.42 Å². The van der Waals surface area contributed by atoms with Crippen molar-refractivity contribution in [2.75, 3.05) is 0 Å². The van der Waals surface area contributed by atoms with Crippen molar-refractivity contribution in [3.8, 4) is 5.13 Å². The molecule has 0 aliphatic heterocycles. The van der Waals surface area contributed by atoms with Crippen molar-refractivity contribution < 1.29 is 9.21 Å². The molecular weight excluding hydrogens is 276 g/mol. The van der Waals surface area contributed by atoms with Crippen LogP contribution in [0.1, 0.15) is 16.2 Å². The molecule has 1 amide bonds. The number of rotatable bonds is 4. The van der Waals surface area contributed by atoms with Gasteiger partial charge in [-0.3, -0.25) is 9.36 Å². The fraction of sp³-hybridized carbons (Fsp3) is 0. The first-order valence-corrected chi connectivity index (χ1v) is 6.67. The van der Waals surface area contributed by atoms with E-state index in [1.54, 1.807) is 24.5 Å². The summed E-state index contributed by atoms with van der Waals surface area (Å²) < 4.78 is 6.85. The lowest BCUT2D eigenvalue weighted by Crippen LogP contribution is -2.17.